The summed E-state index contributed by atoms with van der Waals surface area (Å²) in [5.74, 6) is -0.985. The molecule has 0 spiro atoms. The van der Waals surface area contributed by atoms with E-state index in [1.165, 1.54) is 6.07 Å². The number of alkyl halides is 3. The molecule has 0 aliphatic carbocycles. The normalized spacial score (nSPS) is 11.4. The second kappa shape index (κ2) is 9.52. The molecule has 2 aromatic carbocycles. The first-order valence-corrected chi connectivity index (χ1v) is 10.2. The molecule has 0 fully saturated rings. The van der Waals surface area contributed by atoms with Crippen molar-refractivity contribution in [3.63, 3.8) is 0 Å². The average Bonchev–Trinajstić information content (AvgIpc) is 3.10. The van der Waals surface area contributed by atoms with Gasteiger partial charge in [0.25, 0.3) is 0 Å². The van der Waals surface area contributed by atoms with Gasteiger partial charge in [-0.3, -0.25) is 9.36 Å². The first kappa shape index (κ1) is 22.8. The zero-order chi connectivity index (χ0) is 22.6. The lowest BCUT2D eigenvalue weighted by molar-refractivity contribution is -0.137. The molecular weight excluding hydrogens is 456 g/mol. The van der Waals surface area contributed by atoms with Gasteiger partial charge in [-0.05, 0) is 30.3 Å². The highest BCUT2D eigenvalue weighted by molar-refractivity contribution is 7.99. The van der Waals surface area contributed by atoms with Crippen LogP contribution in [0.5, 0.6) is 0 Å². The van der Waals surface area contributed by atoms with Crippen molar-refractivity contribution in [1.29, 1.82) is 0 Å². The number of carbonyl (C=O) groups excluding carboxylic acids is 1. The van der Waals surface area contributed by atoms with E-state index in [9.17, 15) is 22.4 Å². The molecule has 11 heteroatoms. The maximum Gasteiger partial charge on any atom is 0.416 e. The Morgan fingerprint density at radius 1 is 1.23 bits per heavy atom. The average molecular weight is 471 g/mol. The lowest BCUT2D eigenvalue weighted by atomic mass is 10.2. The number of carbonyl (C=O) groups is 1. The molecule has 5 nitrogen and oxygen atoms in total. The fourth-order valence-corrected chi connectivity index (χ4v) is 3.56. The molecule has 3 rings (SSSR count). The minimum Gasteiger partial charge on any atom is -0.324 e. The fraction of sp³-hybridized carbons (Fsp3) is 0.150. The standard InChI is InChI=1S/C20H15ClF4N4OS/c1-2-9-29-18(13-5-3-4-6-15(13)22)27-28-19(29)31-11-17(30)26-16-10-12(20(23,24)25)7-8-14(16)21/h2-8,10H,1,9,11H2,(H,26,30). The highest BCUT2D eigenvalue weighted by Gasteiger charge is 2.31. The van der Waals surface area contributed by atoms with Crippen LogP contribution in [0.15, 0.2) is 60.3 Å². The topological polar surface area (TPSA) is 59.8 Å². The number of allylic oxidation sites excluding steroid dienone is 1. The van der Waals surface area contributed by atoms with E-state index in [0.717, 1.165) is 30.0 Å². The lowest BCUT2D eigenvalue weighted by Crippen LogP contribution is -2.16. The Kier molecular flexibility index (Phi) is 7.01. The predicted octanol–water partition coefficient (Wildman–Crippen LogP) is 5.67. The maximum absolute atomic E-state index is 14.1. The summed E-state index contributed by atoms with van der Waals surface area (Å²) in [6.45, 7) is 3.92. The van der Waals surface area contributed by atoms with Crippen molar-refractivity contribution < 1.29 is 22.4 Å². The number of hydrogen-bond acceptors (Lipinski definition) is 4. The molecular formula is C20H15ClF4N4OS. The van der Waals surface area contributed by atoms with E-state index >= 15 is 0 Å². The Balaban J connectivity index is 1.75. The smallest absolute Gasteiger partial charge is 0.324 e. The number of thioether (sulfide) groups is 1. The van der Waals surface area contributed by atoms with Gasteiger partial charge in [-0.2, -0.15) is 13.2 Å². The minimum atomic E-state index is -4.57. The number of benzene rings is 2. The Hall–Kier alpha value is -2.85. The number of hydrogen-bond donors (Lipinski definition) is 1. The SMILES string of the molecule is C=CCn1c(SCC(=O)Nc2cc(C(F)(F)F)ccc2Cl)nnc1-c1ccccc1F. The zero-order valence-electron chi connectivity index (χ0n) is 15.8. The fourth-order valence-electron chi connectivity index (χ4n) is 2.64. The van der Waals surface area contributed by atoms with Crippen molar-refractivity contribution in [1.82, 2.24) is 14.8 Å². The Morgan fingerprint density at radius 3 is 2.65 bits per heavy atom. The maximum atomic E-state index is 14.1. The Bertz CT molecular complexity index is 1120. The summed E-state index contributed by atoms with van der Waals surface area (Å²) in [6.07, 6.45) is -3.00. The van der Waals surface area contributed by atoms with Gasteiger partial charge >= 0.3 is 6.18 Å². The number of halogens is 5. The molecule has 0 aliphatic rings. The van der Waals surface area contributed by atoms with E-state index in [4.69, 9.17) is 11.6 Å². The van der Waals surface area contributed by atoms with Gasteiger partial charge in [-0.25, -0.2) is 4.39 Å². The number of aromatic nitrogens is 3. The molecule has 31 heavy (non-hydrogen) atoms. The summed E-state index contributed by atoms with van der Waals surface area (Å²) in [4.78, 5) is 12.3. The summed E-state index contributed by atoms with van der Waals surface area (Å²) < 4.78 is 54.4. The van der Waals surface area contributed by atoms with Gasteiger partial charge in [-0.1, -0.05) is 41.6 Å². The summed E-state index contributed by atoms with van der Waals surface area (Å²) in [5.41, 5.74) is -0.842. The van der Waals surface area contributed by atoms with Crippen molar-refractivity contribution in [3.8, 4) is 11.4 Å². The number of anilines is 1. The van der Waals surface area contributed by atoms with Crippen LogP contribution in [0.25, 0.3) is 11.4 Å². The predicted molar refractivity (Wildman–Crippen MR) is 111 cm³/mol. The number of amides is 1. The highest BCUT2D eigenvalue weighted by Crippen LogP contribution is 2.34. The van der Waals surface area contributed by atoms with E-state index < -0.39 is 23.5 Å². The summed E-state index contributed by atoms with van der Waals surface area (Å²) in [7, 11) is 0. The van der Waals surface area contributed by atoms with Crippen LogP contribution >= 0.6 is 23.4 Å². The lowest BCUT2D eigenvalue weighted by Gasteiger charge is -2.12. The Morgan fingerprint density at radius 2 is 1.97 bits per heavy atom. The summed E-state index contributed by atoms with van der Waals surface area (Å²) in [5, 5.41) is 10.7. The van der Waals surface area contributed by atoms with E-state index in [1.807, 2.05) is 0 Å². The zero-order valence-corrected chi connectivity index (χ0v) is 17.4. The van der Waals surface area contributed by atoms with E-state index in [2.05, 4.69) is 22.1 Å². The number of rotatable bonds is 7. The van der Waals surface area contributed by atoms with Gasteiger partial charge in [0.1, 0.15) is 5.82 Å². The molecule has 0 atom stereocenters. The van der Waals surface area contributed by atoms with Gasteiger partial charge in [0.05, 0.1) is 27.6 Å². The van der Waals surface area contributed by atoms with Crippen LogP contribution < -0.4 is 5.32 Å². The molecule has 162 valence electrons. The minimum absolute atomic E-state index is 0.0250. The van der Waals surface area contributed by atoms with Crippen LogP contribution in [0.2, 0.25) is 5.02 Å². The van der Waals surface area contributed by atoms with Gasteiger partial charge in [0.2, 0.25) is 5.91 Å². The molecule has 1 N–H and O–H groups in total. The van der Waals surface area contributed by atoms with Gasteiger partial charge in [0, 0.05) is 6.54 Å². The highest BCUT2D eigenvalue weighted by atomic mass is 35.5. The van der Waals surface area contributed by atoms with Crippen molar-refractivity contribution >= 4 is 35.0 Å². The largest absolute Gasteiger partial charge is 0.416 e. The molecule has 0 saturated carbocycles. The third-order valence-electron chi connectivity index (χ3n) is 4.04. The second-order valence-electron chi connectivity index (χ2n) is 6.21. The van der Waals surface area contributed by atoms with Gasteiger partial charge < -0.3 is 5.32 Å². The van der Waals surface area contributed by atoms with E-state index in [-0.39, 0.29) is 34.4 Å². The van der Waals surface area contributed by atoms with Crippen molar-refractivity contribution in [2.24, 2.45) is 0 Å². The van der Waals surface area contributed by atoms with Crippen LogP contribution in [0.3, 0.4) is 0 Å². The van der Waals surface area contributed by atoms with Crippen LogP contribution in [0, 0.1) is 5.82 Å². The first-order valence-electron chi connectivity index (χ1n) is 8.79. The molecule has 0 unspecified atom stereocenters. The number of nitrogens with zero attached hydrogens (tertiary/aromatic N) is 3. The summed E-state index contributed by atoms with van der Waals surface area (Å²) in [6, 6.07) is 8.71. The van der Waals surface area contributed by atoms with Crippen molar-refractivity contribution in [3.05, 3.63) is 71.5 Å². The molecule has 1 aromatic heterocycles. The summed E-state index contributed by atoms with van der Waals surface area (Å²) >= 11 is 6.89. The van der Waals surface area contributed by atoms with Gasteiger partial charge in [-0.15, -0.1) is 16.8 Å². The van der Waals surface area contributed by atoms with Gasteiger partial charge in [0.15, 0.2) is 11.0 Å². The van der Waals surface area contributed by atoms with Crippen molar-refractivity contribution in [2.45, 2.75) is 17.9 Å². The first-order chi connectivity index (χ1) is 14.7. The van der Waals surface area contributed by atoms with Crippen LogP contribution in [0.4, 0.5) is 23.2 Å². The molecule has 0 saturated heterocycles. The third-order valence-corrected chi connectivity index (χ3v) is 5.34. The van der Waals surface area contributed by atoms with Crippen LogP contribution in [-0.2, 0) is 17.5 Å². The van der Waals surface area contributed by atoms with E-state index in [1.54, 1.807) is 28.8 Å². The quantitative estimate of drug-likeness (QED) is 0.274. The second-order valence-corrected chi connectivity index (χ2v) is 7.56. The van der Waals surface area contributed by atoms with E-state index in [0.29, 0.717) is 5.16 Å². The molecule has 1 amide bonds. The number of nitrogens with one attached hydrogen (secondary N) is 1. The monoisotopic (exact) mass is 470 g/mol. The van der Waals surface area contributed by atoms with Crippen LogP contribution in [0.1, 0.15) is 5.56 Å². The molecule has 0 bridgehead atoms. The van der Waals surface area contributed by atoms with Crippen molar-refractivity contribution in [2.75, 3.05) is 11.1 Å². The molecule has 1 heterocycles. The molecule has 0 aliphatic heterocycles. The molecule has 3 aromatic rings. The van der Waals surface area contributed by atoms with Crippen LogP contribution in [-0.4, -0.2) is 26.4 Å². The molecule has 0 radical (unpaired) electrons. The third kappa shape index (κ3) is 5.45. The Labute approximate surface area is 184 Å².